The lowest BCUT2D eigenvalue weighted by molar-refractivity contribution is -0.142. The molecule has 0 aromatic rings. The minimum atomic E-state index is -1.07. The number of amides is 2. The van der Waals surface area contributed by atoms with Crippen LogP contribution in [-0.4, -0.2) is 35.5 Å². The first-order valence-corrected chi connectivity index (χ1v) is 6.60. The second-order valence-corrected chi connectivity index (χ2v) is 5.58. The maximum atomic E-state index is 11.6. The summed E-state index contributed by atoms with van der Waals surface area (Å²) in [4.78, 5) is 34.1. The van der Waals surface area contributed by atoms with Crippen molar-refractivity contribution in [1.29, 1.82) is 0 Å². The molecule has 114 valence electrons. The maximum absolute atomic E-state index is 11.6. The van der Waals surface area contributed by atoms with Gasteiger partial charge >= 0.3 is 5.97 Å². The van der Waals surface area contributed by atoms with Crippen LogP contribution in [0.2, 0.25) is 0 Å². The van der Waals surface area contributed by atoms with Crippen LogP contribution in [-0.2, 0) is 14.4 Å². The highest BCUT2D eigenvalue weighted by Gasteiger charge is 2.22. The molecule has 0 rings (SSSR count). The molecule has 0 saturated heterocycles. The predicted molar refractivity (Wildman–Crippen MR) is 76.1 cm³/mol. The van der Waals surface area contributed by atoms with Gasteiger partial charge in [-0.05, 0) is 12.8 Å². The molecule has 0 aliphatic carbocycles. The van der Waals surface area contributed by atoms with Crippen molar-refractivity contribution in [2.24, 2.45) is 5.41 Å². The van der Waals surface area contributed by atoms with Crippen molar-refractivity contribution in [3.63, 3.8) is 0 Å². The lowest BCUT2D eigenvalue weighted by atomic mass is 9.96. The number of carboxylic acid groups (broad SMARTS) is 1. The van der Waals surface area contributed by atoms with E-state index in [-0.39, 0.29) is 18.9 Å². The van der Waals surface area contributed by atoms with Crippen LogP contribution in [0.5, 0.6) is 0 Å². The Kier molecular flexibility index (Phi) is 7.57. The topological polar surface area (TPSA) is 95.5 Å². The Morgan fingerprint density at radius 2 is 1.90 bits per heavy atom. The van der Waals surface area contributed by atoms with Crippen LogP contribution in [0.3, 0.4) is 0 Å². The zero-order valence-corrected chi connectivity index (χ0v) is 12.4. The van der Waals surface area contributed by atoms with Crippen molar-refractivity contribution in [2.45, 2.75) is 46.1 Å². The van der Waals surface area contributed by atoms with Gasteiger partial charge in [-0.2, -0.15) is 0 Å². The molecule has 1 unspecified atom stereocenters. The fourth-order valence-electron chi connectivity index (χ4n) is 1.36. The highest BCUT2D eigenvalue weighted by Crippen LogP contribution is 2.12. The Labute approximate surface area is 119 Å². The van der Waals surface area contributed by atoms with E-state index in [4.69, 9.17) is 5.11 Å². The van der Waals surface area contributed by atoms with Crippen LogP contribution < -0.4 is 10.6 Å². The molecule has 3 N–H and O–H groups in total. The van der Waals surface area contributed by atoms with Gasteiger partial charge in [0, 0.05) is 18.4 Å². The number of hydrogen-bond donors (Lipinski definition) is 3. The molecule has 0 aliphatic heterocycles. The first-order valence-electron chi connectivity index (χ1n) is 6.60. The highest BCUT2D eigenvalue weighted by atomic mass is 16.4. The van der Waals surface area contributed by atoms with Crippen molar-refractivity contribution in [3.8, 4) is 0 Å². The van der Waals surface area contributed by atoms with Gasteiger partial charge in [0.15, 0.2) is 0 Å². The summed E-state index contributed by atoms with van der Waals surface area (Å²) in [5.74, 6) is -1.61. The van der Waals surface area contributed by atoms with Gasteiger partial charge in [0.25, 0.3) is 0 Å². The number of nitrogens with one attached hydrogen (secondary N) is 2. The Hall–Kier alpha value is -1.85. The summed E-state index contributed by atoms with van der Waals surface area (Å²) in [6.07, 6.45) is 2.47. The molecule has 0 aliphatic rings. The van der Waals surface area contributed by atoms with Crippen LogP contribution in [0.15, 0.2) is 12.7 Å². The Morgan fingerprint density at radius 1 is 1.30 bits per heavy atom. The largest absolute Gasteiger partial charge is 0.480 e. The number of carbonyl (C=O) groups is 3. The molecule has 0 heterocycles. The standard InChI is InChI=1S/C14H24N2O4/c1-5-6-7-10(12(18)19)16-11(17)8-9-15-13(20)14(2,3)4/h5,10H,1,6-9H2,2-4H3,(H,15,20)(H,16,17)(H,18,19). The maximum Gasteiger partial charge on any atom is 0.326 e. The third-order valence-corrected chi connectivity index (χ3v) is 2.61. The van der Waals surface area contributed by atoms with Gasteiger partial charge < -0.3 is 15.7 Å². The Balaban J connectivity index is 4.11. The number of carboxylic acids is 1. The fraction of sp³-hybridized carbons (Fsp3) is 0.643. The molecule has 0 radical (unpaired) electrons. The number of rotatable bonds is 8. The van der Waals surface area contributed by atoms with Crippen LogP contribution in [0, 0.1) is 5.41 Å². The van der Waals surface area contributed by atoms with E-state index in [0.717, 1.165) is 0 Å². The van der Waals surface area contributed by atoms with Crippen LogP contribution >= 0.6 is 0 Å². The first-order chi connectivity index (χ1) is 9.18. The molecule has 6 heteroatoms. The minimum absolute atomic E-state index is 0.0552. The number of allylic oxidation sites excluding steroid dienone is 1. The molecule has 0 saturated carbocycles. The summed E-state index contributed by atoms with van der Waals surface area (Å²) in [6.45, 7) is 9.03. The molecule has 6 nitrogen and oxygen atoms in total. The first kappa shape index (κ1) is 18.1. The minimum Gasteiger partial charge on any atom is -0.480 e. The molecule has 0 spiro atoms. The fourth-order valence-corrected chi connectivity index (χ4v) is 1.36. The molecular formula is C14H24N2O4. The van der Waals surface area contributed by atoms with Gasteiger partial charge in [-0.15, -0.1) is 6.58 Å². The van der Waals surface area contributed by atoms with Crippen molar-refractivity contribution >= 4 is 17.8 Å². The zero-order valence-electron chi connectivity index (χ0n) is 12.4. The molecule has 0 aromatic heterocycles. The summed E-state index contributed by atoms with van der Waals surface area (Å²) in [5, 5.41) is 14.0. The van der Waals surface area contributed by atoms with Crippen LogP contribution in [0.25, 0.3) is 0 Å². The summed E-state index contributed by atoms with van der Waals surface area (Å²) < 4.78 is 0. The normalized spacial score (nSPS) is 12.3. The van der Waals surface area contributed by atoms with E-state index in [1.54, 1.807) is 26.8 Å². The quantitative estimate of drug-likeness (QED) is 0.581. The molecule has 1 atom stereocenters. The van der Waals surface area contributed by atoms with E-state index in [9.17, 15) is 14.4 Å². The summed E-state index contributed by atoms with van der Waals surface area (Å²) >= 11 is 0. The third-order valence-electron chi connectivity index (χ3n) is 2.61. The van der Waals surface area contributed by atoms with Crippen LogP contribution in [0.1, 0.15) is 40.0 Å². The van der Waals surface area contributed by atoms with Gasteiger partial charge in [0.1, 0.15) is 6.04 Å². The lowest BCUT2D eigenvalue weighted by Gasteiger charge is -2.18. The van der Waals surface area contributed by atoms with E-state index >= 15 is 0 Å². The molecule has 0 bridgehead atoms. The number of hydrogen-bond acceptors (Lipinski definition) is 3. The van der Waals surface area contributed by atoms with Crippen molar-refractivity contribution in [2.75, 3.05) is 6.54 Å². The Bertz CT molecular complexity index is 372. The van der Waals surface area contributed by atoms with Gasteiger partial charge in [-0.3, -0.25) is 9.59 Å². The average molecular weight is 284 g/mol. The van der Waals surface area contributed by atoms with Crippen molar-refractivity contribution in [3.05, 3.63) is 12.7 Å². The van der Waals surface area contributed by atoms with E-state index in [1.807, 2.05) is 0 Å². The third kappa shape index (κ3) is 7.56. The Morgan fingerprint density at radius 3 is 2.35 bits per heavy atom. The summed E-state index contributed by atoms with van der Waals surface area (Å²) in [7, 11) is 0. The highest BCUT2D eigenvalue weighted by molar-refractivity contribution is 5.85. The number of aliphatic carboxylic acids is 1. The summed E-state index contributed by atoms with van der Waals surface area (Å²) in [5.41, 5.74) is -0.510. The van der Waals surface area contributed by atoms with Gasteiger partial charge in [-0.1, -0.05) is 26.8 Å². The van der Waals surface area contributed by atoms with E-state index in [2.05, 4.69) is 17.2 Å². The second kappa shape index (κ2) is 8.35. The van der Waals surface area contributed by atoms with Crippen LogP contribution in [0.4, 0.5) is 0 Å². The molecule has 2 amide bonds. The smallest absolute Gasteiger partial charge is 0.326 e. The second-order valence-electron chi connectivity index (χ2n) is 5.58. The van der Waals surface area contributed by atoms with Gasteiger partial charge in [0.05, 0.1) is 0 Å². The molecular weight excluding hydrogens is 260 g/mol. The van der Waals surface area contributed by atoms with E-state index in [0.29, 0.717) is 12.8 Å². The predicted octanol–water partition coefficient (Wildman–Crippen LogP) is 1.07. The summed E-state index contributed by atoms with van der Waals surface area (Å²) in [6, 6.07) is -0.918. The van der Waals surface area contributed by atoms with Gasteiger partial charge in [0.2, 0.25) is 11.8 Å². The zero-order chi connectivity index (χ0) is 15.8. The average Bonchev–Trinajstić information content (AvgIpc) is 2.32. The van der Waals surface area contributed by atoms with Crippen molar-refractivity contribution in [1.82, 2.24) is 10.6 Å². The number of carbonyl (C=O) groups excluding carboxylic acids is 2. The monoisotopic (exact) mass is 284 g/mol. The molecule has 0 aromatic carbocycles. The molecule has 20 heavy (non-hydrogen) atoms. The van der Waals surface area contributed by atoms with Crippen molar-refractivity contribution < 1.29 is 19.5 Å². The molecule has 0 fully saturated rings. The lowest BCUT2D eigenvalue weighted by Crippen LogP contribution is -2.42. The van der Waals surface area contributed by atoms with E-state index < -0.39 is 23.3 Å². The van der Waals surface area contributed by atoms with Gasteiger partial charge in [-0.25, -0.2) is 4.79 Å². The SMILES string of the molecule is C=CCCC(NC(=O)CCNC(=O)C(C)(C)C)C(=O)O. The van der Waals surface area contributed by atoms with E-state index in [1.165, 1.54) is 0 Å².